The molecule has 1 heterocycles. The summed E-state index contributed by atoms with van der Waals surface area (Å²) < 4.78 is 0. The molecule has 0 spiro atoms. The molecule has 6 heteroatoms. The first-order valence-corrected chi connectivity index (χ1v) is 10.5. The maximum Gasteiger partial charge on any atom is 0.271 e. The number of quaternary nitrogens is 1. The largest absolute Gasteiger partial charge is 0.507 e. The number of carbonyl (C=O) groups is 1. The number of carbonyl (C=O) groups excluding carboxylic acids is 1. The first-order chi connectivity index (χ1) is 15.2. The molecule has 3 aromatic carbocycles. The lowest BCUT2D eigenvalue weighted by Crippen LogP contribution is -3.13. The third kappa shape index (κ3) is 5.49. The van der Waals surface area contributed by atoms with Gasteiger partial charge in [-0.05, 0) is 36.4 Å². The summed E-state index contributed by atoms with van der Waals surface area (Å²) in [4.78, 5) is 16.3. The average Bonchev–Trinajstić information content (AvgIpc) is 2.82. The molecule has 6 nitrogen and oxygen atoms in total. The van der Waals surface area contributed by atoms with Crippen LogP contribution in [0.3, 0.4) is 0 Å². The van der Waals surface area contributed by atoms with Crippen LogP contribution in [-0.4, -0.2) is 43.4 Å². The van der Waals surface area contributed by atoms with Crippen LogP contribution in [0.25, 0.3) is 0 Å². The molecule has 3 N–H and O–H groups in total. The normalized spacial score (nSPS) is 14.6. The smallest absolute Gasteiger partial charge is 0.271 e. The lowest BCUT2D eigenvalue weighted by atomic mass is 10.1. The number of amides is 1. The molecule has 0 saturated carbocycles. The van der Waals surface area contributed by atoms with E-state index in [1.165, 1.54) is 17.5 Å². The molecule has 158 valence electrons. The molecule has 0 radical (unpaired) electrons. The van der Waals surface area contributed by atoms with Gasteiger partial charge in [-0.15, -0.1) is 0 Å². The minimum absolute atomic E-state index is 0.122. The topological polar surface area (TPSA) is 69.4 Å². The molecular formula is C25H27N4O2+. The number of phenolic OH excluding ortho intramolecular Hbond substituents is 1. The van der Waals surface area contributed by atoms with Crippen LogP contribution in [0.4, 0.5) is 5.69 Å². The first-order valence-electron chi connectivity index (χ1n) is 10.5. The second-order valence-corrected chi connectivity index (χ2v) is 7.70. The van der Waals surface area contributed by atoms with Crippen LogP contribution >= 0.6 is 0 Å². The third-order valence-electron chi connectivity index (χ3n) is 5.57. The molecule has 3 aromatic rings. The maximum atomic E-state index is 12.3. The number of aromatic hydroxyl groups is 1. The Hall–Kier alpha value is -3.64. The number of nitrogens with zero attached hydrogens (tertiary/aromatic N) is 2. The van der Waals surface area contributed by atoms with Crippen LogP contribution in [0.5, 0.6) is 5.75 Å². The minimum Gasteiger partial charge on any atom is -0.507 e. The van der Waals surface area contributed by atoms with E-state index in [2.05, 4.69) is 45.8 Å². The monoisotopic (exact) mass is 415 g/mol. The number of phenols is 1. The molecule has 0 aliphatic carbocycles. The van der Waals surface area contributed by atoms with Gasteiger partial charge in [-0.25, -0.2) is 5.43 Å². The molecule has 1 amide bonds. The zero-order chi connectivity index (χ0) is 21.5. The summed E-state index contributed by atoms with van der Waals surface area (Å²) in [7, 11) is 0. The van der Waals surface area contributed by atoms with Crippen molar-refractivity contribution < 1.29 is 14.8 Å². The fraction of sp³-hybridized carbons (Fsp3) is 0.200. The van der Waals surface area contributed by atoms with Crippen molar-refractivity contribution in [1.29, 1.82) is 0 Å². The summed E-state index contributed by atoms with van der Waals surface area (Å²) in [5.41, 5.74) is 6.12. The van der Waals surface area contributed by atoms with Gasteiger partial charge in [0.05, 0.1) is 32.4 Å². The predicted octanol–water partition coefficient (Wildman–Crippen LogP) is 2.06. The van der Waals surface area contributed by atoms with Crippen molar-refractivity contribution in [1.82, 2.24) is 5.43 Å². The number of piperazine rings is 1. The van der Waals surface area contributed by atoms with Crippen molar-refractivity contribution in [2.24, 2.45) is 5.10 Å². The Balaban J connectivity index is 1.26. The lowest BCUT2D eigenvalue weighted by molar-refractivity contribution is -0.914. The number of hydrogen-bond donors (Lipinski definition) is 3. The zero-order valence-electron chi connectivity index (χ0n) is 17.4. The van der Waals surface area contributed by atoms with Gasteiger partial charge in [0.2, 0.25) is 0 Å². The van der Waals surface area contributed by atoms with Gasteiger partial charge in [0.1, 0.15) is 12.3 Å². The number of para-hydroxylation sites is 2. The Morgan fingerprint density at radius 1 is 0.968 bits per heavy atom. The predicted molar refractivity (Wildman–Crippen MR) is 123 cm³/mol. The number of hydrazone groups is 1. The standard InChI is InChI=1S/C25H26N4O2/c30-24-9-5-4-6-22(24)18-26-27-25(31)21-12-10-20(11-13-21)19-28-14-16-29(17-15-28)23-7-2-1-3-8-23/h1-13,18,30H,14-17,19H2,(H,27,31)/p+1/b26-18+. The summed E-state index contributed by atoms with van der Waals surface area (Å²) in [5.74, 6) is -0.154. The van der Waals surface area contributed by atoms with E-state index in [1.807, 2.05) is 24.3 Å². The fourth-order valence-corrected chi connectivity index (χ4v) is 3.78. The number of rotatable bonds is 6. The Morgan fingerprint density at radius 3 is 2.35 bits per heavy atom. The van der Waals surface area contributed by atoms with E-state index in [9.17, 15) is 9.90 Å². The van der Waals surface area contributed by atoms with E-state index in [-0.39, 0.29) is 11.7 Å². The SMILES string of the molecule is O=C(N/N=C/c1ccccc1O)c1ccc(C[NH+]2CCN(c3ccccc3)CC2)cc1. The summed E-state index contributed by atoms with van der Waals surface area (Å²) in [6, 6.07) is 25.1. The van der Waals surface area contributed by atoms with Crippen molar-refractivity contribution in [3.63, 3.8) is 0 Å². The molecule has 0 atom stereocenters. The molecule has 1 fully saturated rings. The number of anilines is 1. The average molecular weight is 416 g/mol. The molecule has 1 aliphatic heterocycles. The van der Waals surface area contributed by atoms with E-state index in [1.54, 1.807) is 29.2 Å². The maximum absolute atomic E-state index is 12.3. The van der Waals surface area contributed by atoms with Crippen molar-refractivity contribution in [3.05, 3.63) is 95.6 Å². The molecule has 0 bridgehead atoms. The van der Waals surface area contributed by atoms with Gasteiger partial charge in [0.15, 0.2) is 0 Å². The van der Waals surface area contributed by atoms with Gasteiger partial charge in [-0.2, -0.15) is 5.10 Å². The van der Waals surface area contributed by atoms with Crippen molar-refractivity contribution >= 4 is 17.8 Å². The van der Waals surface area contributed by atoms with E-state index in [0.29, 0.717) is 11.1 Å². The number of nitrogens with one attached hydrogen (secondary N) is 2. The Kier molecular flexibility index (Phi) is 6.59. The molecule has 4 rings (SSSR count). The second kappa shape index (κ2) is 9.91. The number of benzene rings is 3. The van der Waals surface area contributed by atoms with Gasteiger partial charge in [-0.1, -0.05) is 42.5 Å². The summed E-state index contributed by atoms with van der Waals surface area (Å²) in [5, 5.41) is 13.7. The van der Waals surface area contributed by atoms with Crippen LogP contribution in [0.2, 0.25) is 0 Å². The zero-order valence-corrected chi connectivity index (χ0v) is 17.4. The van der Waals surface area contributed by atoms with Crippen LogP contribution in [0.15, 0.2) is 84.0 Å². The lowest BCUT2D eigenvalue weighted by Gasteiger charge is -2.33. The van der Waals surface area contributed by atoms with Crippen LogP contribution in [0.1, 0.15) is 21.5 Å². The highest BCUT2D eigenvalue weighted by molar-refractivity contribution is 5.95. The van der Waals surface area contributed by atoms with Crippen molar-refractivity contribution in [3.8, 4) is 5.75 Å². The van der Waals surface area contributed by atoms with Gasteiger partial charge in [-0.3, -0.25) is 4.79 Å². The molecule has 0 unspecified atom stereocenters. The molecule has 31 heavy (non-hydrogen) atoms. The first kappa shape index (κ1) is 20.6. The summed E-state index contributed by atoms with van der Waals surface area (Å²) in [6.45, 7) is 5.25. The van der Waals surface area contributed by atoms with Gasteiger partial charge < -0.3 is 14.9 Å². The fourth-order valence-electron chi connectivity index (χ4n) is 3.78. The molecule has 0 aromatic heterocycles. The van der Waals surface area contributed by atoms with Crippen molar-refractivity contribution in [2.45, 2.75) is 6.54 Å². The van der Waals surface area contributed by atoms with Gasteiger partial charge >= 0.3 is 0 Å². The number of hydrogen-bond acceptors (Lipinski definition) is 4. The Morgan fingerprint density at radius 2 is 1.65 bits per heavy atom. The van der Waals surface area contributed by atoms with Crippen LogP contribution in [-0.2, 0) is 6.54 Å². The Labute approximate surface area is 182 Å². The quantitative estimate of drug-likeness (QED) is 0.426. The van der Waals surface area contributed by atoms with Gasteiger partial charge in [0, 0.05) is 22.4 Å². The van der Waals surface area contributed by atoms with E-state index in [4.69, 9.17) is 0 Å². The molecule has 1 saturated heterocycles. The van der Waals surface area contributed by atoms with E-state index >= 15 is 0 Å². The van der Waals surface area contributed by atoms with Crippen LogP contribution < -0.4 is 15.2 Å². The highest BCUT2D eigenvalue weighted by Gasteiger charge is 2.20. The minimum atomic E-state index is -0.276. The van der Waals surface area contributed by atoms with E-state index < -0.39 is 0 Å². The highest BCUT2D eigenvalue weighted by Crippen LogP contribution is 2.13. The molecule has 1 aliphatic rings. The molecular weight excluding hydrogens is 388 g/mol. The third-order valence-corrected chi connectivity index (χ3v) is 5.57. The Bertz CT molecular complexity index is 1030. The van der Waals surface area contributed by atoms with Crippen molar-refractivity contribution in [2.75, 3.05) is 31.1 Å². The second-order valence-electron chi connectivity index (χ2n) is 7.70. The summed E-state index contributed by atoms with van der Waals surface area (Å²) in [6.07, 6.45) is 1.43. The highest BCUT2D eigenvalue weighted by atomic mass is 16.3. The van der Waals surface area contributed by atoms with E-state index in [0.717, 1.165) is 32.7 Å². The summed E-state index contributed by atoms with van der Waals surface area (Å²) >= 11 is 0. The van der Waals surface area contributed by atoms with Gasteiger partial charge in [0.25, 0.3) is 5.91 Å². The van der Waals surface area contributed by atoms with Crippen LogP contribution in [0, 0.1) is 0 Å².